The van der Waals surface area contributed by atoms with E-state index in [2.05, 4.69) is 12.1 Å². The summed E-state index contributed by atoms with van der Waals surface area (Å²) in [5.41, 5.74) is 10.1. The molecule has 0 bridgehead atoms. The molecule has 2 aromatic carbocycles. The normalized spacial score (nSPS) is 20.3. The predicted octanol–water partition coefficient (Wildman–Crippen LogP) is 5.07. The molecule has 33 heavy (non-hydrogen) atoms. The van der Waals surface area contributed by atoms with E-state index >= 15 is 0 Å². The van der Waals surface area contributed by atoms with Gasteiger partial charge in [-0.25, -0.2) is 12.7 Å². The Morgan fingerprint density at radius 3 is 2.55 bits per heavy atom. The minimum atomic E-state index is -3.21. The van der Waals surface area contributed by atoms with Gasteiger partial charge >= 0.3 is 0 Å². The summed E-state index contributed by atoms with van der Waals surface area (Å²) in [4.78, 5) is 0. The van der Waals surface area contributed by atoms with Gasteiger partial charge in [-0.2, -0.15) is 0 Å². The van der Waals surface area contributed by atoms with Crippen LogP contribution >= 0.6 is 35.6 Å². The number of hydrogen-bond acceptors (Lipinski definition) is 4. The fraction of sp³-hybridized carbons (Fsp3) is 0.500. The van der Waals surface area contributed by atoms with Gasteiger partial charge in [-0.1, -0.05) is 35.3 Å². The zero-order chi connectivity index (χ0) is 22.9. The number of fused-ring (bicyclic) bond motifs is 1. The van der Waals surface area contributed by atoms with Crippen molar-refractivity contribution in [3.63, 3.8) is 0 Å². The van der Waals surface area contributed by atoms with Crippen molar-refractivity contribution in [1.82, 2.24) is 4.31 Å². The van der Waals surface area contributed by atoms with Crippen LogP contribution in [0.3, 0.4) is 0 Å². The summed E-state index contributed by atoms with van der Waals surface area (Å²) in [6.45, 7) is 0.640. The zero-order valence-corrected chi connectivity index (χ0v) is 21.8. The molecular formula is C24H31Cl3N2O3S. The first-order valence-electron chi connectivity index (χ1n) is 11.1. The predicted molar refractivity (Wildman–Crippen MR) is 138 cm³/mol. The first kappa shape index (κ1) is 26.6. The van der Waals surface area contributed by atoms with Crippen molar-refractivity contribution >= 4 is 45.6 Å². The van der Waals surface area contributed by atoms with Crippen LogP contribution in [0.25, 0.3) is 0 Å². The average Bonchev–Trinajstić information content (AvgIpc) is 3.56. The summed E-state index contributed by atoms with van der Waals surface area (Å²) < 4.78 is 32.1. The molecule has 2 N–H and O–H groups in total. The number of aryl methyl sites for hydroxylation is 1. The largest absolute Gasteiger partial charge is 0.492 e. The maximum atomic E-state index is 12.4. The van der Waals surface area contributed by atoms with E-state index in [1.165, 1.54) is 15.4 Å². The first-order chi connectivity index (χ1) is 15.2. The average molecular weight is 534 g/mol. The summed E-state index contributed by atoms with van der Waals surface area (Å²) in [5.74, 6) is 1.48. The Kier molecular flexibility index (Phi) is 8.98. The molecule has 1 fully saturated rings. The SMILES string of the molecule is CN(CCOc1ccc2c(c1)C(Cc1ccc(Cl)c(Cl)c1)C(N)CC2)S(=O)(=O)CC1CC1.Cl. The summed E-state index contributed by atoms with van der Waals surface area (Å²) in [6, 6.07) is 11.9. The van der Waals surface area contributed by atoms with Crippen molar-refractivity contribution in [2.45, 2.75) is 44.1 Å². The van der Waals surface area contributed by atoms with Crippen molar-refractivity contribution in [1.29, 1.82) is 0 Å². The molecular weight excluding hydrogens is 503 g/mol. The quantitative estimate of drug-likeness (QED) is 0.489. The lowest BCUT2D eigenvalue weighted by Crippen LogP contribution is -2.34. The highest BCUT2D eigenvalue weighted by Gasteiger charge is 2.30. The second kappa shape index (κ2) is 11.1. The van der Waals surface area contributed by atoms with Gasteiger partial charge in [0.05, 0.1) is 15.8 Å². The zero-order valence-electron chi connectivity index (χ0n) is 18.7. The van der Waals surface area contributed by atoms with Crippen LogP contribution in [0.2, 0.25) is 10.0 Å². The molecule has 2 unspecified atom stereocenters. The van der Waals surface area contributed by atoms with Crippen LogP contribution in [0, 0.1) is 5.92 Å². The number of nitrogens with zero attached hydrogens (tertiary/aromatic N) is 1. The molecule has 4 rings (SSSR count). The number of hydrogen-bond donors (Lipinski definition) is 1. The highest BCUT2D eigenvalue weighted by molar-refractivity contribution is 7.89. The highest BCUT2D eigenvalue weighted by atomic mass is 35.5. The van der Waals surface area contributed by atoms with Gasteiger partial charge in [-0.3, -0.25) is 0 Å². The third-order valence-electron chi connectivity index (χ3n) is 6.51. The number of ether oxygens (including phenoxy) is 1. The first-order valence-corrected chi connectivity index (χ1v) is 13.5. The summed E-state index contributed by atoms with van der Waals surface area (Å²) in [6.07, 6.45) is 4.69. The third kappa shape index (κ3) is 6.77. The number of halogens is 3. The van der Waals surface area contributed by atoms with Crippen LogP contribution in [0.4, 0.5) is 0 Å². The Hall–Kier alpha value is -1.02. The maximum absolute atomic E-state index is 12.4. The fourth-order valence-electron chi connectivity index (χ4n) is 4.31. The third-order valence-corrected chi connectivity index (χ3v) is 9.28. The van der Waals surface area contributed by atoms with Gasteiger partial charge in [-0.05, 0) is 79.0 Å². The minimum absolute atomic E-state index is 0. The Bertz CT molecular complexity index is 1080. The molecule has 0 saturated heterocycles. The van der Waals surface area contributed by atoms with E-state index < -0.39 is 10.0 Å². The van der Waals surface area contributed by atoms with Gasteiger partial charge in [0.25, 0.3) is 0 Å². The molecule has 2 aliphatic rings. The molecule has 0 spiro atoms. The Morgan fingerprint density at radius 2 is 1.85 bits per heavy atom. The lowest BCUT2D eigenvalue weighted by Gasteiger charge is -2.32. The van der Waals surface area contributed by atoms with E-state index in [-0.39, 0.29) is 30.1 Å². The summed E-state index contributed by atoms with van der Waals surface area (Å²) in [5, 5.41) is 1.09. The Balaban J connectivity index is 0.00000306. The van der Waals surface area contributed by atoms with Crippen LogP contribution in [0.1, 0.15) is 41.9 Å². The molecule has 0 aromatic heterocycles. The number of rotatable bonds is 9. The van der Waals surface area contributed by atoms with Gasteiger partial charge in [-0.15, -0.1) is 12.4 Å². The molecule has 1 saturated carbocycles. The highest BCUT2D eigenvalue weighted by Crippen LogP contribution is 2.37. The lowest BCUT2D eigenvalue weighted by atomic mass is 9.76. The number of benzene rings is 2. The molecule has 2 aliphatic carbocycles. The topological polar surface area (TPSA) is 72.6 Å². The van der Waals surface area contributed by atoms with Crippen LogP contribution in [-0.4, -0.2) is 44.7 Å². The second-order valence-corrected chi connectivity index (χ2v) is 11.9. The number of likely N-dealkylation sites (N-methyl/N-ethyl adjacent to an activating group) is 1. The van der Waals surface area contributed by atoms with Crippen LogP contribution < -0.4 is 10.5 Å². The number of sulfonamides is 1. The summed E-state index contributed by atoms with van der Waals surface area (Å²) >= 11 is 12.3. The summed E-state index contributed by atoms with van der Waals surface area (Å²) in [7, 11) is -1.58. The Labute approximate surface area is 213 Å². The fourth-order valence-corrected chi connectivity index (χ4v) is 6.17. The van der Waals surface area contributed by atoms with Crippen molar-refractivity contribution in [2.75, 3.05) is 26.0 Å². The number of nitrogens with two attached hydrogens (primary N) is 1. The van der Waals surface area contributed by atoms with Crippen LogP contribution in [0.5, 0.6) is 5.75 Å². The standard InChI is InChI=1S/C24H30Cl2N2O3S.ClH/c1-28(32(29,30)15-16-2-3-16)10-11-31-19-7-5-18-6-9-24(27)21(20(18)14-19)12-17-4-8-22(25)23(26)13-17;/h4-5,7-8,13-14,16,21,24H,2-3,6,9-12,15,27H2,1H3;1H. The Morgan fingerprint density at radius 1 is 1.09 bits per heavy atom. The molecule has 0 aliphatic heterocycles. The maximum Gasteiger partial charge on any atom is 0.214 e. The van der Waals surface area contributed by atoms with Gasteiger partial charge in [0.1, 0.15) is 12.4 Å². The van der Waals surface area contributed by atoms with Crippen molar-refractivity contribution < 1.29 is 13.2 Å². The lowest BCUT2D eigenvalue weighted by molar-refractivity contribution is 0.286. The molecule has 0 amide bonds. The molecule has 5 nitrogen and oxygen atoms in total. The van der Waals surface area contributed by atoms with E-state index in [1.807, 2.05) is 24.3 Å². The molecule has 2 atom stereocenters. The van der Waals surface area contributed by atoms with Crippen molar-refractivity contribution in [3.05, 3.63) is 63.1 Å². The van der Waals surface area contributed by atoms with Crippen molar-refractivity contribution in [3.8, 4) is 5.75 Å². The molecule has 9 heteroatoms. The van der Waals surface area contributed by atoms with Gasteiger partial charge in [0.15, 0.2) is 0 Å². The van der Waals surface area contributed by atoms with Gasteiger partial charge < -0.3 is 10.5 Å². The van der Waals surface area contributed by atoms with Crippen LogP contribution in [-0.2, 0) is 22.9 Å². The second-order valence-electron chi connectivity index (χ2n) is 9.01. The molecule has 182 valence electrons. The van der Waals surface area contributed by atoms with Gasteiger partial charge in [0.2, 0.25) is 10.0 Å². The van der Waals surface area contributed by atoms with E-state index in [0.29, 0.717) is 29.1 Å². The monoisotopic (exact) mass is 532 g/mol. The smallest absolute Gasteiger partial charge is 0.214 e. The van der Waals surface area contributed by atoms with E-state index in [1.54, 1.807) is 7.05 Å². The minimum Gasteiger partial charge on any atom is -0.492 e. The van der Waals surface area contributed by atoms with E-state index in [9.17, 15) is 8.42 Å². The van der Waals surface area contributed by atoms with Gasteiger partial charge in [0, 0.05) is 25.6 Å². The molecule has 0 heterocycles. The molecule has 2 aromatic rings. The van der Waals surface area contributed by atoms with E-state index in [4.69, 9.17) is 33.7 Å². The van der Waals surface area contributed by atoms with Crippen molar-refractivity contribution in [2.24, 2.45) is 11.7 Å². The molecule has 0 radical (unpaired) electrons. The van der Waals surface area contributed by atoms with E-state index in [0.717, 1.165) is 43.4 Å². The van der Waals surface area contributed by atoms with Crippen LogP contribution in [0.15, 0.2) is 36.4 Å².